The highest BCUT2D eigenvalue weighted by Gasteiger charge is 2.25. The van der Waals surface area contributed by atoms with E-state index < -0.39 is 11.8 Å². The van der Waals surface area contributed by atoms with E-state index in [0.29, 0.717) is 37.8 Å². The van der Waals surface area contributed by atoms with Gasteiger partial charge in [-0.15, -0.1) is 0 Å². The van der Waals surface area contributed by atoms with Gasteiger partial charge >= 0.3 is 11.8 Å². The molecule has 1 fully saturated rings. The number of amides is 3. The second kappa shape index (κ2) is 14.0. The van der Waals surface area contributed by atoms with Crippen LogP contribution in [0.1, 0.15) is 18.9 Å². The number of benzene rings is 2. The summed E-state index contributed by atoms with van der Waals surface area (Å²) in [7, 11) is 0. The van der Waals surface area contributed by atoms with E-state index in [2.05, 4.69) is 43.0 Å². The molecule has 0 atom stereocenters. The van der Waals surface area contributed by atoms with E-state index >= 15 is 0 Å². The Morgan fingerprint density at radius 3 is 2.31 bits per heavy atom. The Hall–Kier alpha value is -4.31. The van der Waals surface area contributed by atoms with Crippen molar-refractivity contribution in [2.24, 2.45) is 0 Å². The van der Waals surface area contributed by atoms with Crippen LogP contribution in [0.4, 0.5) is 11.6 Å². The van der Waals surface area contributed by atoms with Gasteiger partial charge in [-0.3, -0.25) is 14.4 Å². The number of rotatable bonds is 9. The van der Waals surface area contributed by atoms with E-state index in [9.17, 15) is 14.4 Å². The van der Waals surface area contributed by atoms with Crippen LogP contribution in [0.2, 0.25) is 0 Å². The van der Waals surface area contributed by atoms with Crippen LogP contribution < -0.4 is 16.0 Å². The highest BCUT2D eigenvalue weighted by atomic mass is 16.2. The molecular weight excluding hydrogens is 494 g/mol. The number of aromatic nitrogens is 2. The van der Waals surface area contributed by atoms with Gasteiger partial charge in [0.25, 0.3) is 0 Å². The summed E-state index contributed by atoms with van der Waals surface area (Å²) in [6, 6.07) is 21.3. The molecule has 0 unspecified atom stereocenters. The lowest BCUT2D eigenvalue weighted by Gasteiger charge is -2.21. The summed E-state index contributed by atoms with van der Waals surface area (Å²) in [6.07, 6.45) is 1.76. The number of nitrogens with one attached hydrogen (secondary N) is 3. The molecule has 0 bridgehead atoms. The topological polar surface area (TPSA) is 120 Å². The third-order valence-corrected chi connectivity index (χ3v) is 6.43. The lowest BCUT2D eigenvalue weighted by Crippen LogP contribution is -2.42. The van der Waals surface area contributed by atoms with Gasteiger partial charge in [-0.25, -0.2) is 9.97 Å². The predicted octanol–water partition coefficient (Wildman–Crippen LogP) is 2.41. The van der Waals surface area contributed by atoms with E-state index in [-0.39, 0.29) is 11.7 Å². The maximum Gasteiger partial charge on any atom is 0.315 e. The van der Waals surface area contributed by atoms with Gasteiger partial charge in [-0.05, 0) is 24.9 Å². The third-order valence-electron chi connectivity index (χ3n) is 6.43. The van der Waals surface area contributed by atoms with E-state index in [1.807, 2.05) is 48.5 Å². The summed E-state index contributed by atoms with van der Waals surface area (Å²) in [4.78, 5) is 50.1. The molecule has 0 aliphatic carbocycles. The molecule has 2 aromatic carbocycles. The average molecular weight is 530 g/mol. The van der Waals surface area contributed by atoms with Crippen molar-refractivity contribution in [3.8, 4) is 11.4 Å². The first-order valence-electron chi connectivity index (χ1n) is 13.3. The third kappa shape index (κ3) is 8.61. The SMILES string of the molecule is CC(=O)NCCNc1cc(NC(=O)C(=O)N2CCCN(CCc3ccccc3)CC2)nc(-c2ccccc2)n1. The smallest absolute Gasteiger partial charge is 0.315 e. The molecule has 3 aromatic rings. The lowest BCUT2D eigenvalue weighted by molar-refractivity contribution is -0.143. The first kappa shape index (κ1) is 27.7. The van der Waals surface area contributed by atoms with Crippen molar-refractivity contribution in [2.45, 2.75) is 19.8 Å². The zero-order valence-corrected chi connectivity index (χ0v) is 22.2. The minimum atomic E-state index is -0.727. The van der Waals surface area contributed by atoms with Crippen molar-refractivity contribution in [1.82, 2.24) is 25.1 Å². The van der Waals surface area contributed by atoms with Gasteiger partial charge in [0, 0.05) is 57.8 Å². The molecule has 0 saturated carbocycles. The van der Waals surface area contributed by atoms with Crippen molar-refractivity contribution < 1.29 is 14.4 Å². The molecule has 10 nitrogen and oxygen atoms in total. The van der Waals surface area contributed by atoms with Crippen molar-refractivity contribution in [3.63, 3.8) is 0 Å². The maximum atomic E-state index is 13.1. The molecule has 1 aliphatic rings. The Morgan fingerprint density at radius 1 is 0.846 bits per heavy atom. The Kier molecular flexibility index (Phi) is 9.96. The van der Waals surface area contributed by atoms with Gasteiger partial charge in [0.2, 0.25) is 5.91 Å². The van der Waals surface area contributed by atoms with Crippen LogP contribution in [0.3, 0.4) is 0 Å². The van der Waals surface area contributed by atoms with Crippen LogP contribution in [0.25, 0.3) is 11.4 Å². The van der Waals surface area contributed by atoms with Gasteiger partial charge in [0.05, 0.1) is 0 Å². The molecule has 2 heterocycles. The molecule has 3 amide bonds. The summed E-state index contributed by atoms with van der Waals surface area (Å²) in [5.74, 6) is -0.311. The van der Waals surface area contributed by atoms with Gasteiger partial charge in [-0.1, -0.05) is 60.7 Å². The molecule has 0 radical (unpaired) electrons. The molecule has 10 heteroatoms. The Labute approximate surface area is 228 Å². The van der Waals surface area contributed by atoms with Gasteiger partial charge in [0.15, 0.2) is 5.82 Å². The molecular formula is C29H35N7O3. The minimum Gasteiger partial charge on any atom is -0.368 e. The summed E-state index contributed by atoms with van der Waals surface area (Å²) in [6.45, 7) is 5.86. The largest absolute Gasteiger partial charge is 0.368 e. The van der Waals surface area contributed by atoms with Gasteiger partial charge in [0.1, 0.15) is 11.6 Å². The Morgan fingerprint density at radius 2 is 1.56 bits per heavy atom. The zero-order valence-electron chi connectivity index (χ0n) is 22.2. The zero-order chi connectivity index (χ0) is 27.5. The average Bonchev–Trinajstić information content (AvgIpc) is 3.20. The van der Waals surface area contributed by atoms with Crippen LogP contribution >= 0.6 is 0 Å². The normalized spacial score (nSPS) is 13.8. The standard InChI is InChI=1S/C29H35N7O3/c1-22(37)30-14-15-31-25-21-26(33-27(32-25)24-11-6-3-7-12-24)34-28(38)29(39)36-17-8-16-35(19-20-36)18-13-23-9-4-2-5-10-23/h2-7,9-12,21H,8,13-20H2,1H3,(H,30,37)(H2,31,32,33,34,38). The van der Waals surface area contributed by atoms with Crippen LogP contribution in [-0.2, 0) is 20.8 Å². The van der Waals surface area contributed by atoms with Crippen LogP contribution in [-0.4, -0.2) is 83.3 Å². The highest BCUT2D eigenvalue weighted by Crippen LogP contribution is 2.20. The summed E-state index contributed by atoms with van der Waals surface area (Å²) in [5, 5.41) is 8.52. The summed E-state index contributed by atoms with van der Waals surface area (Å²) < 4.78 is 0. The second-order valence-electron chi connectivity index (χ2n) is 9.41. The van der Waals surface area contributed by atoms with Crippen molar-refractivity contribution in [1.29, 1.82) is 0 Å². The molecule has 1 saturated heterocycles. The molecule has 1 aromatic heterocycles. The van der Waals surface area contributed by atoms with Gasteiger partial charge < -0.3 is 25.8 Å². The number of carbonyl (C=O) groups is 3. The first-order valence-corrected chi connectivity index (χ1v) is 13.3. The molecule has 0 spiro atoms. The molecule has 1 aliphatic heterocycles. The van der Waals surface area contributed by atoms with Crippen molar-refractivity contribution in [3.05, 3.63) is 72.3 Å². The maximum absolute atomic E-state index is 13.1. The monoisotopic (exact) mass is 529 g/mol. The Bertz CT molecular complexity index is 1250. The number of nitrogens with zero attached hydrogens (tertiary/aromatic N) is 4. The number of hydrogen-bond acceptors (Lipinski definition) is 7. The molecule has 4 rings (SSSR count). The molecule has 39 heavy (non-hydrogen) atoms. The predicted molar refractivity (Wildman–Crippen MR) is 151 cm³/mol. The fourth-order valence-electron chi connectivity index (χ4n) is 4.39. The first-order chi connectivity index (χ1) is 19.0. The second-order valence-corrected chi connectivity index (χ2v) is 9.41. The van der Waals surface area contributed by atoms with Crippen molar-refractivity contribution in [2.75, 3.05) is 56.4 Å². The van der Waals surface area contributed by atoms with E-state index in [0.717, 1.165) is 38.0 Å². The number of carbonyl (C=O) groups excluding carboxylic acids is 3. The van der Waals surface area contributed by atoms with E-state index in [4.69, 9.17) is 0 Å². The Balaban J connectivity index is 1.37. The fraction of sp³-hybridized carbons (Fsp3) is 0.345. The fourth-order valence-corrected chi connectivity index (χ4v) is 4.39. The summed E-state index contributed by atoms with van der Waals surface area (Å²) in [5.41, 5.74) is 2.06. The highest BCUT2D eigenvalue weighted by molar-refractivity contribution is 6.39. The number of anilines is 2. The van der Waals surface area contributed by atoms with Gasteiger partial charge in [-0.2, -0.15) is 0 Å². The lowest BCUT2D eigenvalue weighted by atomic mass is 10.1. The van der Waals surface area contributed by atoms with E-state index in [1.54, 1.807) is 11.0 Å². The van der Waals surface area contributed by atoms with Crippen molar-refractivity contribution >= 4 is 29.4 Å². The number of hydrogen-bond donors (Lipinski definition) is 3. The quantitative estimate of drug-likeness (QED) is 0.288. The minimum absolute atomic E-state index is 0.122. The van der Waals surface area contributed by atoms with Crippen LogP contribution in [0.15, 0.2) is 66.7 Å². The molecule has 204 valence electrons. The van der Waals surface area contributed by atoms with Crippen LogP contribution in [0, 0.1) is 0 Å². The van der Waals surface area contributed by atoms with E-state index in [1.165, 1.54) is 12.5 Å². The summed E-state index contributed by atoms with van der Waals surface area (Å²) >= 11 is 0. The van der Waals surface area contributed by atoms with Crippen LogP contribution in [0.5, 0.6) is 0 Å². The molecule has 3 N–H and O–H groups in total.